The molecule has 0 saturated carbocycles. The molecule has 5 nitrogen and oxygen atoms in total. The molecule has 0 bridgehead atoms. The zero-order valence-electron chi connectivity index (χ0n) is 13.3. The molecule has 2 aromatic heterocycles. The van der Waals surface area contributed by atoms with Crippen molar-refractivity contribution in [3.05, 3.63) is 50.6 Å². The van der Waals surface area contributed by atoms with Crippen molar-refractivity contribution in [1.29, 1.82) is 5.26 Å². The zero-order valence-corrected chi connectivity index (χ0v) is 15.7. The van der Waals surface area contributed by atoms with Crippen molar-refractivity contribution >= 4 is 32.3 Å². The average molecular weight is 415 g/mol. The van der Waals surface area contributed by atoms with Crippen molar-refractivity contribution in [3.8, 4) is 17.5 Å². The first kappa shape index (κ1) is 16.3. The molecular formula is C18H15BrN4OS. The van der Waals surface area contributed by atoms with Gasteiger partial charge in [0.05, 0.1) is 5.56 Å². The fourth-order valence-corrected chi connectivity index (χ4v) is 4.78. The van der Waals surface area contributed by atoms with Gasteiger partial charge in [-0.05, 0) is 55.0 Å². The van der Waals surface area contributed by atoms with E-state index in [0.29, 0.717) is 28.7 Å². The number of aromatic nitrogens is 2. The van der Waals surface area contributed by atoms with E-state index in [0.717, 1.165) is 34.9 Å². The maximum atomic E-state index is 9.44. The van der Waals surface area contributed by atoms with Crippen LogP contribution in [0.2, 0.25) is 0 Å². The van der Waals surface area contributed by atoms with Crippen LogP contribution in [0.5, 0.6) is 0 Å². The van der Waals surface area contributed by atoms with Crippen molar-refractivity contribution in [3.63, 3.8) is 0 Å². The van der Waals surface area contributed by atoms with Crippen LogP contribution in [0.4, 0.5) is 5.00 Å². The molecule has 2 N–H and O–H groups in total. The van der Waals surface area contributed by atoms with Crippen LogP contribution in [0.25, 0.3) is 11.4 Å². The summed E-state index contributed by atoms with van der Waals surface area (Å²) in [6, 6.07) is 10.1. The molecule has 0 spiro atoms. The Kier molecular flexibility index (Phi) is 4.32. The van der Waals surface area contributed by atoms with E-state index in [4.69, 9.17) is 10.3 Å². The highest BCUT2D eigenvalue weighted by atomic mass is 79.9. The number of halogens is 1. The van der Waals surface area contributed by atoms with Crippen LogP contribution in [-0.2, 0) is 12.8 Å². The number of anilines is 1. The van der Waals surface area contributed by atoms with E-state index in [-0.39, 0.29) is 5.92 Å². The van der Waals surface area contributed by atoms with Gasteiger partial charge in [-0.2, -0.15) is 10.2 Å². The number of nitrogens with zero attached hydrogens (tertiary/aromatic N) is 3. The third kappa shape index (κ3) is 3.08. The molecule has 2 heterocycles. The van der Waals surface area contributed by atoms with Crippen LogP contribution < -0.4 is 5.73 Å². The third-order valence-corrected chi connectivity index (χ3v) is 6.14. The van der Waals surface area contributed by atoms with Gasteiger partial charge >= 0.3 is 0 Å². The Hall–Kier alpha value is -2.17. The van der Waals surface area contributed by atoms with Crippen LogP contribution in [0.3, 0.4) is 0 Å². The molecule has 126 valence electrons. The Labute approximate surface area is 157 Å². The fraction of sp³-hybridized carbons (Fsp3) is 0.278. The van der Waals surface area contributed by atoms with Crippen molar-refractivity contribution in [2.24, 2.45) is 0 Å². The summed E-state index contributed by atoms with van der Waals surface area (Å²) in [7, 11) is 0. The van der Waals surface area contributed by atoms with Crippen LogP contribution in [0.1, 0.15) is 40.7 Å². The van der Waals surface area contributed by atoms with Gasteiger partial charge in [-0.3, -0.25) is 0 Å². The maximum Gasteiger partial charge on any atom is 0.227 e. The summed E-state index contributed by atoms with van der Waals surface area (Å²) in [5, 5.41) is 14.2. The number of hydrogen-bond acceptors (Lipinski definition) is 6. The molecule has 1 aliphatic rings. The van der Waals surface area contributed by atoms with Crippen LogP contribution in [-0.4, -0.2) is 10.1 Å². The summed E-state index contributed by atoms with van der Waals surface area (Å²) in [4.78, 5) is 5.77. The minimum atomic E-state index is 0.213. The average Bonchev–Trinajstić information content (AvgIpc) is 3.19. The Morgan fingerprint density at radius 3 is 2.92 bits per heavy atom. The van der Waals surface area contributed by atoms with Crippen LogP contribution in [0.15, 0.2) is 33.3 Å². The minimum absolute atomic E-state index is 0.213. The Morgan fingerprint density at radius 1 is 1.36 bits per heavy atom. The smallest absolute Gasteiger partial charge is 0.227 e. The quantitative estimate of drug-likeness (QED) is 0.671. The van der Waals surface area contributed by atoms with E-state index in [1.165, 1.54) is 4.88 Å². The molecule has 0 saturated heterocycles. The third-order valence-electron chi connectivity index (χ3n) is 4.52. The number of benzene rings is 1. The lowest BCUT2D eigenvalue weighted by molar-refractivity contribution is 0.363. The van der Waals surface area contributed by atoms with E-state index < -0.39 is 0 Å². The number of thiophene rings is 1. The van der Waals surface area contributed by atoms with Crippen molar-refractivity contribution in [2.75, 3.05) is 5.73 Å². The normalized spacial score (nSPS) is 16.4. The van der Waals surface area contributed by atoms with Gasteiger partial charge in [0, 0.05) is 21.3 Å². The largest absolute Gasteiger partial charge is 0.389 e. The first-order chi connectivity index (χ1) is 12.2. The van der Waals surface area contributed by atoms with E-state index in [2.05, 4.69) is 32.1 Å². The van der Waals surface area contributed by atoms with Gasteiger partial charge in [-0.15, -0.1) is 11.3 Å². The van der Waals surface area contributed by atoms with Gasteiger partial charge in [-0.25, -0.2) is 0 Å². The number of hydrogen-bond donors (Lipinski definition) is 1. The number of nitrogen functional groups attached to an aromatic ring is 1. The predicted octanol–water partition coefficient (Wildman–Crippen LogP) is 4.68. The monoisotopic (exact) mass is 414 g/mol. The Balaban J connectivity index is 1.60. The molecule has 25 heavy (non-hydrogen) atoms. The SMILES string of the molecule is N#Cc1c(N)sc2c1C(Cc1nc(-c3ccc(Br)cc3)no1)CCC2. The lowest BCUT2D eigenvalue weighted by Crippen LogP contribution is -2.11. The highest BCUT2D eigenvalue weighted by Gasteiger charge is 2.29. The minimum Gasteiger partial charge on any atom is -0.389 e. The van der Waals surface area contributed by atoms with Crippen LogP contribution in [0, 0.1) is 11.3 Å². The first-order valence-electron chi connectivity index (χ1n) is 8.05. The topological polar surface area (TPSA) is 88.7 Å². The van der Waals surface area contributed by atoms with Gasteiger partial charge in [0.1, 0.15) is 11.1 Å². The summed E-state index contributed by atoms with van der Waals surface area (Å²) >= 11 is 4.96. The summed E-state index contributed by atoms with van der Waals surface area (Å²) in [5.41, 5.74) is 8.67. The lowest BCUT2D eigenvalue weighted by Gasteiger charge is -2.21. The second-order valence-electron chi connectivity index (χ2n) is 6.10. The van der Waals surface area contributed by atoms with Crippen molar-refractivity contribution in [1.82, 2.24) is 10.1 Å². The zero-order chi connectivity index (χ0) is 17.4. The molecule has 0 fully saturated rings. The second kappa shape index (κ2) is 6.62. The summed E-state index contributed by atoms with van der Waals surface area (Å²) in [6.45, 7) is 0. The highest BCUT2D eigenvalue weighted by Crippen LogP contribution is 2.43. The van der Waals surface area contributed by atoms with Gasteiger partial charge in [0.2, 0.25) is 11.7 Å². The van der Waals surface area contributed by atoms with Crippen LogP contribution >= 0.6 is 27.3 Å². The number of rotatable bonds is 3. The van der Waals surface area contributed by atoms with Gasteiger partial charge in [-0.1, -0.05) is 21.1 Å². The van der Waals surface area contributed by atoms with E-state index in [1.54, 1.807) is 11.3 Å². The summed E-state index contributed by atoms with van der Waals surface area (Å²) in [6.07, 6.45) is 3.74. The van der Waals surface area contributed by atoms with E-state index in [9.17, 15) is 5.26 Å². The number of aryl methyl sites for hydroxylation is 1. The lowest BCUT2D eigenvalue weighted by atomic mass is 9.83. The number of nitriles is 1. The standard InChI is InChI=1S/C18H15BrN4OS/c19-12-6-4-10(5-7-12)18-22-15(24-23-18)8-11-2-1-3-14-16(11)13(9-20)17(21)25-14/h4-7,11H,1-3,8,21H2. The molecule has 4 rings (SSSR count). The molecule has 0 radical (unpaired) electrons. The fourth-order valence-electron chi connectivity index (χ4n) is 3.37. The first-order valence-corrected chi connectivity index (χ1v) is 9.66. The van der Waals surface area contributed by atoms with E-state index in [1.807, 2.05) is 24.3 Å². The summed E-state index contributed by atoms with van der Waals surface area (Å²) < 4.78 is 6.47. The summed E-state index contributed by atoms with van der Waals surface area (Å²) in [5.74, 6) is 1.40. The molecule has 0 aliphatic heterocycles. The molecule has 0 amide bonds. The Morgan fingerprint density at radius 2 is 2.16 bits per heavy atom. The predicted molar refractivity (Wildman–Crippen MR) is 100 cm³/mol. The number of fused-ring (bicyclic) bond motifs is 1. The molecule has 1 aliphatic carbocycles. The molecule has 3 aromatic rings. The molecule has 1 aromatic carbocycles. The van der Waals surface area contributed by atoms with E-state index >= 15 is 0 Å². The maximum absolute atomic E-state index is 9.44. The molecular weight excluding hydrogens is 400 g/mol. The molecule has 1 unspecified atom stereocenters. The number of nitrogens with two attached hydrogens (primary N) is 1. The van der Waals surface area contributed by atoms with Gasteiger partial charge in [0.25, 0.3) is 0 Å². The van der Waals surface area contributed by atoms with Gasteiger partial charge in [0.15, 0.2) is 0 Å². The highest BCUT2D eigenvalue weighted by molar-refractivity contribution is 9.10. The molecule has 7 heteroatoms. The van der Waals surface area contributed by atoms with Crippen molar-refractivity contribution < 1.29 is 4.52 Å². The van der Waals surface area contributed by atoms with Crippen molar-refractivity contribution in [2.45, 2.75) is 31.6 Å². The van der Waals surface area contributed by atoms with Gasteiger partial charge < -0.3 is 10.3 Å². The second-order valence-corrected chi connectivity index (χ2v) is 8.15. The Bertz CT molecular complexity index is 955. The molecule has 1 atom stereocenters.